The van der Waals surface area contributed by atoms with E-state index in [9.17, 15) is 14.5 Å². The van der Waals surface area contributed by atoms with Crippen LogP contribution in [0.3, 0.4) is 0 Å². The smallest absolute Gasteiger partial charge is 0.207 e. The van der Waals surface area contributed by atoms with Crippen LogP contribution >= 0.6 is 7.37 Å². The van der Waals surface area contributed by atoms with Crippen LogP contribution in [0.1, 0.15) is 126 Å². The van der Waals surface area contributed by atoms with E-state index < -0.39 is 21.5 Å². The molecule has 0 aromatic carbocycles. The number of rotatable bonds is 24. The predicted molar refractivity (Wildman–Crippen MR) is 250 cm³/mol. The summed E-state index contributed by atoms with van der Waals surface area (Å²) in [5.41, 5.74) is 2.23. The summed E-state index contributed by atoms with van der Waals surface area (Å²) in [5.74, 6) is 0.136. The van der Waals surface area contributed by atoms with Crippen molar-refractivity contribution in [1.82, 2.24) is 0 Å². The summed E-state index contributed by atoms with van der Waals surface area (Å²) in [6.07, 6.45) is 8.15. The quantitative estimate of drug-likeness (QED) is 0.0561. The van der Waals surface area contributed by atoms with Crippen molar-refractivity contribution in [1.29, 1.82) is 0 Å². The van der Waals surface area contributed by atoms with Crippen LogP contribution in [0.5, 0.6) is 0 Å². The van der Waals surface area contributed by atoms with Crippen molar-refractivity contribution in [3.05, 3.63) is 24.3 Å². The van der Waals surface area contributed by atoms with Crippen molar-refractivity contribution in [2.75, 3.05) is 33.2 Å². The van der Waals surface area contributed by atoms with E-state index >= 15 is 0 Å². The van der Waals surface area contributed by atoms with Gasteiger partial charge in [0.25, 0.3) is 0 Å². The molecule has 366 valence electrons. The Labute approximate surface area is 386 Å². The third kappa shape index (κ3) is 11.3. The Morgan fingerprint density at radius 3 is 2.28 bits per heavy atom. The first-order chi connectivity index (χ1) is 30.5. The molecule has 19 atom stereocenters. The zero-order valence-corrected chi connectivity index (χ0v) is 42.7. The second-order valence-corrected chi connectivity index (χ2v) is 28.9. The maximum Gasteiger partial charge on any atom is 0.207 e. The average molecular weight is 937 g/mol. The molecule has 0 amide bonds. The molecule has 12 nitrogen and oxygen atoms in total. The summed E-state index contributed by atoms with van der Waals surface area (Å²) in [6.45, 7) is 27.2. The number of aliphatic hydroxyl groups is 1. The van der Waals surface area contributed by atoms with Crippen molar-refractivity contribution >= 4 is 21.5 Å². The second kappa shape index (κ2) is 21.5. The van der Waals surface area contributed by atoms with Gasteiger partial charge < -0.3 is 47.2 Å². The molecule has 8 rings (SSSR count). The molecular formula is C50H85O12PSi. The summed E-state index contributed by atoms with van der Waals surface area (Å²) in [7, 11) is -3.29. The number of Topliss-reactive ketones (excluding diaryl/α,β-unsaturated/α-hetero) is 1. The van der Waals surface area contributed by atoms with Crippen molar-refractivity contribution in [3.8, 4) is 0 Å². The molecule has 8 aliphatic heterocycles. The molecule has 64 heavy (non-hydrogen) atoms. The van der Waals surface area contributed by atoms with Crippen molar-refractivity contribution in [2.45, 2.75) is 223 Å². The minimum Gasteiger partial charge on any atom is -0.417 e. The fraction of sp³-hybridized carbons (Fsp3) is 0.900. The fourth-order valence-electron chi connectivity index (χ4n) is 12.5. The van der Waals surface area contributed by atoms with Crippen LogP contribution in [-0.4, -0.2) is 131 Å². The van der Waals surface area contributed by atoms with Gasteiger partial charge in [0, 0.05) is 58.6 Å². The summed E-state index contributed by atoms with van der Waals surface area (Å²) in [4.78, 5) is 13.5. The number of hydrogen-bond acceptors (Lipinski definition) is 12. The highest BCUT2D eigenvalue weighted by Gasteiger charge is 2.67. The molecular weight excluding hydrogens is 852 g/mol. The van der Waals surface area contributed by atoms with Crippen LogP contribution in [0.2, 0.25) is 18.1 Å². The fourth-order valence-corrected chi connectivity index (χ4v) is 16.1. The van der Waals surface area contributed by atoms with Gasteiger partial charge in [0.15, 0.2) is 14.1 Å². The lowest BCUT2D eigenvalue weighted by atomic mass is 9.79. The number of carbonyl (C=O) groups excluding carboxylic acids is 1. The van der Waals surface area contributed by atoms with E-state index in [1.807, 2.05) is 0 Å². The third-order valence-corrected chi connectivity index (χ3v) is 23.3. The zero-order chi connectivity index (χ0) is 46.1. The lowest BCUT2D eigenvalue weighted by molar-refractivity contribution is -0.263. The Morgan fingerprint density at radius 1 is 0.875 bits per heavy atom. The molecule has 0 aliphatic carbocycles. The van der Waals surface area contributed by atoms with Gasteiger partial charge in [0.1, 0.15) is 24.1 Å². The molecule has 8 heterocycles. The van der Waals surface area contributed by atoms with Gasteiger partial charge in [-0.25, -0.2) is 0 Å². The zero-order valence-electron chi connectivity index (χ0n) is 40.8. The highest BCUT2D eigenvalue weighted by Crippen LogP contribution is 2.54. The molecule has 8 saturated heterocycles. The third-order valence-electron chi connectivity index (χ3n) is 17.0. The first kappa shape index (κ1) is 51.1. The van der Waals surface area contributed by atoms with Gasteiger partial charge in [0.2, 0.25) is 7.37 Å². The largest absolute Gasteiger partial charge is 0.417 e. The molecule has 1 N–H and O–H groups in total. The minimum atomic E-state index is -3.00. The van der Waals surface area contributed by atoms with E-state index in [0.717, 1.165) is 87.3 Å². The van der Waals surface area contributed by atoms with Gasteiger partial charge in [-0.3, -0.25) is 9.36 Å². The molecule has 14 heteroatoms. The predicted octanol–water partition coefficient (Wildman–Crippen LogP) is 9.41. The summed E-state index contributed by atoms with van der Waals surface area (Å²) < 4.78 is 72.2. The molecule has 0 spiro atoms. The first-order valence-electron chi connectivity index (χ1n) is 25.3. The van der Waals surface area contributed by atoms with E-state index in [-0.39, 0.29) is 115 Å². The minimum absolute atomic E-state index is 0.0111. The Bertz CT molecular complexity index is 1650. The molecule has 8 aliphatic rings. The highest BCUT2D eigenvalue weighted by molar-refractivity contribution is 7.59. The van der Waals surface area contributed by atoms with E-state index in [2.05, 4.69) is 61.6 Å². The number of ether oxygens (including phenoxy) is 7. The second-order valence-electron chi connectivity index (χ2n) is 21.4. The Kier molecular flexibility index (Phi) is 17.1. The maximum atomic E-state index is 13.5. The van der Waals surface area contributed by atoms with Gasteiger partial charge in [-0.15, -0.1) is 0 Å². The van der Waals surface area contributed by atoms with Crippen molar-refractivity contribution in [2.24, 2.45) is 29.6 Å². The monoisotopic (exact) mass is 937 g/mol. The number of hydrogen-bond donors (Lipinski definition) is 1. The van der Waals surface area contributed by atoms with Crippen LogP contribution in [0.15, 0.2) is 24.3 Å². The van der Waals surface area contributed by atoms with Gasteiger partial charge in [-0.2, -0.15) is 0 Å². The Hall–Kier alpha value is -0.803. The standard InChI is InChI=1S/C50H85O12PSi/c1-12-64(13-2,14-3)55-28-30(4)22-42-34(8)39(25-36(52)29-63(11,53)54-10)44(58-42)26-43-33(7)31(5)23-37(57-43)17-18-40-32(6)24-38(56-40)19-20-50-27-45-47(62-50)49-48(60-45)46(61-50)35(9)41(59-49)16-15-21-51/h30-31,34-35,37-49,51H,6-7,12-29H2,1-5,8-11H3/t30-,31+,34+,35?,37-,38-,39?,40?,41-,42+,43?,44-,45+,46-,47?,48-,49-,50+,63?/m0/s1. The van der Waals surface area contributed by atoms with Crippen LogP contribution in [0, 0.1) is 29.6 Å². The number of ketones is 1. The summed E-state index contributed by atoms with van der Waals surface area (Å²) >= 11 is 0. The molecule has 0 aromatic heterocycles. The van der Waals surface area contributed by atoms with Crippen LogP contribution in [-0.2, 0) is 51.5 Å². The summed E-state index contributed by atoms with van der Waals surface area (Å²) in [5, 5.41) is 9.49. The summed E-state index contributed by atoms with van der Waals surface area (Å²) in [6, 6.07) is 3.38. The lowest BCUT2D eigenvalue weighted by Gasteiger charge is -2.42. The van der Waals surface area contributed by atoms with Crippen LogP contribution in [0.25, 0.3) is 0 Å². The molecule has 0 aromatic rings. The van der Waals surface area contributed by atoms with Crippen LogP contribution in [0.4, 0.5) is 0 Å². The molecule has 0 radical (unpaired) electrons. The normalized spacial score (nSPS) is 42.0. The van der Waals surface area contributed by atoms with Gasteiger partial charge in [-0.1, -0.05) is 61.6 Å². The average Bonchev–Trinajstić information content (AvgIpc) is 3.93. The number of carbonyl (C=O) groups is 1. The van der Waals surface area contributed by atoms with Crippen molar-refractivity contribution < 1.29 is 56.6 Å². The highest BCUT2D eigenvalue weighted by atomic mass is 31.2. The van der Waals surface area contributed by atoms with Crippen LogP contribution < -0.4 is 0 Å². The SMILES string of the molecule is C=C1C[C@H](CC[C@@]23C[C@H]4O[C@H]5[C@@H](O2)C(C)[C@H](CCCO)O[C@H]5C4O3)OC1CC[C@H]1C[C@@H](C)C(=C)C(C[C@@H]2O[C@H](C[C@H](C)CO[Si](CC)(CC)CC)[C@H](C)C2CC(=O)CP(C)(=O)OC)O1. The maximum absolute atomic E-state index is 13.5. The first-order valence-corrected chi connectivity index (χ1v) is 30.1. The molecule has 8 fully saturated rings. The van der Waals surface area contributed by atoms with Gasteiger partial charge in [0.05, 0.1) is 61.1 Å². The molecule has 0 saturated carbocycles. The Morgan fingerprint density at radius 2 is 1.58 bits per heavy atom. The number of aliphatic hydroxyl groups excluding tert-OH is 1. The van der Waals surface area contributed by atoms with E-state index in [0.29, 0.717) is 31.6 Å². The lowest BCUT2D eigenvalue weighted by Crippen LogP contribution is -2.54. The topological polar surface area (TPSA) is 137 Å². The van der Waals surface area contributed by atoms with E-state index in [4.69, 9.17) is 42.1 Å². The van der Waals surface area contributed by atoms with Gasteiger partial charge >= 0.3 is 0 Å². The molecule has 6 unspecified atom stereocenters. The van der Waals surface area contributed by atoms with E-state index in [1.165, 1.54) is 7.11 Å². The Balaban J connectivity index is 0.933. The molecule has 6 bridgehead atoms. The van der Waals surface area contributed by atoms with E-state index in [1.54, 1.807) is 6.66 Å². The van der Waals surface area contributed by atoms with Gasteiger partial charge in [-0.05, 0) is 104 Å². The van der Waals surface area contributed by atoms with Crippen molar-refractivity contribution in [3.63, 3.8) is 0 Å².